The molecule has 0 heterocycles. The lowest BCUT2D eigenvalue weighted by Crippen LogP contribution is -2.24. The van der Waals surface area contributed by atoms with E-state index >= 15 is 0 Å². The monoisotopic (exact) mass is 263 g/mol. The maximum atomic E-state index is 13.6. The van der Waals surface area contributed by atoms with Crippen molar-refractivity contribution in [3.8, 4) is 0 Å². The summed E-state index contributed by atoms with van der Waals surface area (Å²) in [6.45, 7) is 5.03. The van der Waals surface area contributed by atoms with Gasteiger partial charge in [-0.2, -0.15) is 0 Å². The molecule has 2 rings (SSSR count). The number of hydrogen-bond acceptors (Lipinski definition) is 1. The molecule has 0 bridgehead atoms. The summed E-state index contributed by atoms with van der Waals surface area (Å²) in [5, 5.41) is 3.53. The fourth-order valence-electron chi connectivity index (χ4n) is 3.31. The Morgan fingerprint density at radius 3 is 2.58 bits per heavy atom. The largest absolute Gasteiger partial charge is 0.310 e. The fourth-order valence-corrected chi connectivity index (χ4v) is 3.31. The first-order valence-corrected chi connectivity index (χ1v) is 7.69. The minimum absolute atomic E-state index is 0.110. The van der Waals surface area contributed by atoms with Crippen molar-refractivity contribution in [2.75, 3.05) is 6.54 Å². The van der Waals surface area contributed by atoms with Gasteiger partial charge in [-0.05, 0) is 49.1 Å². The van der Waals surface area contributed by atoms with Gasteiger partial charge in [0.1, 0.15) is 5.82 Å². The van der Waals surface area contributed by atoms with Gasteiger partial charge in [0.15, 0.2) is 0 Å². The highest BCUT2D eigenvalue weighted by molar-refractivity contribution is 5.26. The molecule has 1 N–H and O–H groups in total. The van der Waals surface area contributed by atoms with Gasteiger partial charge in [0.2, 0.25) is 0 Å². The van der Waals surface area contributed by atoms with Crippen LogP contribution < -0.4 is 5.32 Å². The van der Waals surface area contributed by atoms with E-state index in [4.69, 9.17) is 0 Å². The average molecular weight is 263 g/mol. The molecule has 2 heteroatoms. The molecule has 0 saturated heterocycles. The van der Waals surface area contributed by atoms with Crippen LogP contribution in [0.25, 0.3) is 0 Å². The highest BCUT2D eigenvalue weighted by Crippen LogP contribution is 2.32. The minimum atomic E-state index is -0.110. The van der Waals surface area contributed by atoms with Gasteiger partial charge in [0, 0.05) is 6.04 Å². The van der Waals surface area contributed by atoms with Crippen LogP contribution in [0.3, 0.4) is 0 Å². The summed E-state index contributed by atoms with van der Waals surface area (Å²) in [4.78, 5) is 0. The summed E-state index contributed by atoms with van der Waals surface area (Å²) in [7, 11) is 0. The van der Waals surface area contributed by atoms with Gasteiger partial charge in [0.25, 0.3) is 0 Å². The van der Waals surface area contributed by atoms with Gasteiger partial charge in [0.05, 0.1) is 0 Å². The van der Waals surface area contributed by atoms with Crippen molar-refractivity contribution in [3.63, 3.8) is 0 Å². The lowest BCUT2D eigenvalue weighted by Gasteiger charge is -2.27. The molecule has 19 heavy (non-hydrogen) atoms. The maximum absolute atomic E-state index is 13.6. The molecule has 0 amide bonds. The van der Waals surface area contributed by atoms with Crippen LogP contribution >= 0.6 is 0 Å². The molecule has 1 aliphatic rings. The first-order valence-electron chi connectivity index (χ1n) is 7.69. The number of hydrogen-bond donors (Lipinski definition) is 1. The van der Waals surface area contributed by atoms with E-state index in [-0.39, 0.29) is 5.82 Å². The van der Waals surface area contributed by atoms with E-state index in [9.17, 15) is 4.39 Å². The number of rotatable bonds is 5. The predicted octanol–water partition coefficient (Wildman–Crippen LogP) is 4.76. The Morgan fingerprint density at radius 1 is 1.21 bits per heavy atom. The molecule has 1 atom stereocenters. The zero-order valence-corrected chi connectivity index (χ0v) is 12.2. The highest BCUT2D eigenvalue weighted by Gasteiger charge is 2.20. The Bertz CT molecular complexity index is 376. The van der Waals surface area contributed by atoms with Crippen molar-refractivity contribution in [1.82, 2.24) is 5.32 Å². The van der Waals surface area contributed by atoms with Crippen LogP contribution in [-0.4, -0.2) is 6.54 Å². The Balaban J connectivity index is 2.09. The number of halogens is 1. The Morgan fingerprint density at radius 2 is 1.95 bits per heavy atom. The standard InChI is InChI=1S/C17H26FN/c1-3-19-17(11-14-7-5-4-6-8-14)15-9-13(2)10-16(18)12-15/h9-10,12,14,17,19H,3-8,11H2,1-2H3. The Hall–Kier alpha value is -0.890. The van der Waals surface area contributed by atoms with Crippen molar-refractivity contribution >= 4 is 0 Å². The molecule has 0 aliphatic heterocycles. The molecule has 1 saturated carbocycles. The van der Waals surface area contributed by atoms with E-state index in [0.29, 0.717) is 6.04 Å². The van der Waals surface area contributed by atoms with E-state index < -0.39 is 0 Å². The average Bonchev–Trinajstić information content (AvgIpc) is 2.38. The van der Waals surface area contributed by atoms with Crippen LogP contribution in [0.4, 0.5) is 4.39 Å². The normalized spacial score (nSPS) is 18.5. The van der Waals surface area contributed by atoms with Gasteiger partial charge in [-0.15, -0.1) is 0 Å². The zero-order valence-electron chi connectivity index (χ0n) is 12.2. The van der Waals surface area contributed by atoms with Crippen molar-refractivity contribution < 1.29 is 4.39 Å². The third-order valence-corrected chi connectivity index (χ3v) is 4.21. The first-order chi connectivity index (χ1) is 9.19. The quantitative estimate of drug-likeness (QED) is 0.808. The summed E-state index contributed by atoms with van der Waals surface area (Å²) in [6, 6.07) is 5.73. The van der Waals surface area contributed by atoms with E-state index in [0.717, 1.165) is 30.0 Å². The summed E-state index contributed by atoms with van der Waals surface area (Å²) >= 11 is 0. The van der Waals surface area contributed by atoms with Crippen LogP contribution in [0.2, 0.25) is 0 Å². The molecule has 1 aromatic carbocycles. The van der Waals surface area contributed by atoms with Crippen LogP contribution in [0.15, 0.2) is 18.2 Å². The molecule has 0 spiro atoms. The Kier molecular flexibility index (Phi) is 5.38. The summed E-state index contributed by atoms with van der Waals surface area (Å²) in [6.07, 6.45) is 7.96. The fraction of sp³-hybridized carbons (Fsp3) is 0.647. The number of nitrogens with one attached hydrogen (secondary N) is 1. The summed E-state index contributed by atoms with van der Waals surface area (Å²) < 4.78 is 13.6. The van der Waals surface area contributed by atoms with E-state index in [1.807, 2.05) is 6.92 Å². The second kappa shape index (κ2) is 7.04. The van der Waals surface area contributed by atoms with Crippen molar-refractivity contribution in [3.05, 3.63) is 35.1 Å². The molecule has 1 aliphatic carbocycles. The van der Waals surface area contributed by atoms with Crippen LogP contribution in [0.5, 0.6) is 0 Å². The molecule has 106 valence electrons. The highest BCUT2D eigenvalue weighted by atomic mass is 19.1. The van der Waals surface area contributed by atoms with Gasteiger partial charge < -0.3 is 5.32 Å². The molecule has 1 aromatic rings. The van der Waals surface area contributed by atoms with Gasteiger partial charge in [-0.25, -0.2) is 4.39 Å². The van der Waals surface area contributed by atoms with Crippen molar-refractivity contribution in [1.29, 1.82) is 0 Å². The number of aryl methyl sites for hydroxylation is 1. The maximum Gasteiger partial charge on any atom is 0.123 e. The Labute approximate surface area is 116 Å². The van der Waals surface area contributed by atoms with Crippen molar-refractivity contribution in [2.24, 2.45) is 5.92 Å². The smallest absolute Gasteiger partial charge is 0.123 e. The molecule has 1 fully saturated rings. The second-order valence-corrected chi connectivity index (χ2v) is 5.91. The molecule has 1 nitrogen and oxygen atoms in total. The summed E-state index contributed by atoms with van der Waals surface area (Å²) in [5.41, 5.74) is 2.13. The SMILES string of the molecule is CCNC(CC1CCCCC1)c1cc(C)cc(F)c1. The molecular formula is C17H26FN. The van der Waals surface area contributed by atoms with Gasteiger partial charge in [-0.3, -0.25) is 0 Å². The third kappa shape index (κ3) is 4.31. The molecule has 0 radical (unpaired) electrons. The van der Waals surface area contributed by atoms with E-state index in [2.05, 4.69) is 18.3 Å². The predicted molar refractivity (Wildman–Crippen MR) is 78.7 cm³/mol. The summed E-state index contributed by atoms with van der Waals surface area (Å²) in [5.74, 6) is 0.697. The van der Waals surface area contributed by atoms with Crippen LogP contribution in [-0.2, 0) is 0 Å². The van der Waals surface area contributed by atoms with Gasteiger partial charge >= 0.3 is 0 Å². The lowest BCUT2D eigenvalue weighted by molar-refractivity contribution is 0.301. The van der Waals surface area contributed by atoms with E-state index in [1.54, 1.807) is 12.1 Å². The first kappa shape index (κ1) is 14.5. The zero-order chi connectivity index (χ0) is 13.7. The minimum Gasteiger partial charge on any atom is -0.310 e. The third-order valence-electron chi connectivity index (χ3n) is 4.21. The van der Waals surface area contributed by atoms with Crippen LogP contribution in [0, 0.1) is 18.7 Å². The van der Waals surface area contributed by atoms with E-state index in [1.165, 1.54) is 32.1 Å². The topological polar surface area (TPSA) is 12.0 Å². The lowest BCUT2D eigenvalue weighted by atomic mass is 9.83. The van der Waals surface area contributed by atoms with Crippen molar-refractivity contribution in [2.45, 2.75) is 58.4 Å². The molecular weight excluding hydrogens is 237 g/mol. The molecule has 1 unspecified atom stereocenters. The second-order valence-electron chi connectivity index (χ2n) is 5.91. The molecule has 0 aromatic heterocycles. The van der Waals surface area contributed by atoms with Crippen LogP contribution in [0.1, 0.15) is 62.6 Å². The number of benzene rings is 1. The van der Waals surface area contributed by atoms with Gasteiger partial charge in [-0.1, -0.05) is 45.1 Å².